The van der Waals surface area contributed by atoms with E-state index in [2.05, 4.69) is 0 Å². The second kappa shape index (κ2) is 6.43. The Morgan fingerprint density at radius 2 is 1.32 bits per heavy atom. The first-order valence-corrected chi connectivity index (χ1v) is 6.52. The Morgan fingerprint density at radius 1 is 0.864 bits per heavy atom. The number of hydrogen-bond acceptors (Lipinski definition) is 5. The number of rotatable bonds is 6. The number of benzene rings is 2. The molecule has 0 aliphatic heterocycles. The van der Waals surface area contributed by atoms with Gasteiger partial charge in [-0.3, -0.25) is 14.4 Å². The van der Waals surface area contributed by atoms with Gasteiger partial charge in [0, 0.05) is 18.2 Å². The zero-order valence-electron chi connectivity index (χ0n) is 11.9. The van der Waals surface area contributed by atoms with Crippen LogP contribution in [0.5, 0.6) is 0 Å². The van der Waals surface area contributed by atoms with Crippen LogP contribution in [0, 0.1) is 0 Å². The van der Waals surface area contributed by atoms with Crippen molar-refractivity contribution >= 4 is 17.3 Å². The molecule has 5 nitrogen and oxygen atoms in total. The lowest BCUT2D eigenvalue weighted by Gasteiger charge is -2.22. The second-order valence-corrected chi connectivity index (χ2v) is 4.57. The minimum atomic E-state index is -2.84. The highest BCUT2D eigenvalue weighted by Gasteiger charge is 2.48. The van der Waals surface area contributed by atoms with Gasteiger partial charge in [-0.1, -0.05) is 60.7 Å². The molecule has 112 valence electrons. The van der Waals surface area contributed by atoms with Crippen molar-refractivity contribution in [1.29, 1.82) is 0 Å². The average Bonchev–Trinajstić information content (AvgIpc) is 2.60. The Balaban J connectivity index is 2.36. The first-order valence-electron chi connectivity index (χ1n) is 6.52. The van der Waals surface area contributed by atoms with Crippen LogP contribution in [0.1, 0.15) is 20.7 Å². The molecule has 0 fully saturated rings. The molecule has 0 aliphatic carbocycles. The molecule has 0 bridgehead atoms. The summed E-state index contributed by atoms with van der Waals surface area (Å²) in [5.41, 5.74) is 0.143. The van der Waals surface area contributed by atoms with E-state index in [1.165, 1.54) is 24.3 Å². The molecule has 22 heavy (non-hydrogen) atoms. The molecule has 0 amide bonds. The first kappa shape index (κ1) is 15.8. The van der Waals surface area contributed by atoms with Crippen LogP contribution in [0.25, 0.3) is 0 Å². The highest BCUT2D eigenvalue weighted by Crippen LogP contribution is 2.18. The molecule has 1 unspecified atom stereocenters. The van der Waals surface area contributed by atoms with E-state index in [-0.39, 0.29) is 11.1 Å². The number of carbonyl (C=O) groups is 3. The van der Waals surface area contributed by atoms with Gasteiger partial charge in [0.15, 0.2) is 0 Å². The number of ether oxygens (including phenoxy) is 1. The third-order valence-corrected chi connectivity index (χ3v) is 3.19. The number of carbonyl (C=O) groups excluding carboxylic acids is 3. The first-order chi connectivity index (χ1) is 10.5. The van der Waals surface area contributed by atoms with Gasteiger partial charge in [0.2, 0.25) is 11.6 Å². The molecule has 0 aliphatic rings. The van der Waals surface area contributed by atoms with Gasteiger partial charge in [-0.15, -0.1) is 0 Å². The Kier molecular flexibility index (Phi) is 4.60. The van der Waals surface area contributed by atoms with Crippen LogP contribution < -0.4 is 0 Å². The van der Waals surface area contributed by atoms with Crippen LogP contribution in [-0.4, -0.2) is 35.4 Å². The fourth-order valence-electron chi connectivity index (χ4n) is 1.95. The molecule has 0 saturated carbocycles. The molecule has 2 aromatic rings. The van der Waals surface area contributed by atoms with Crippen molar-refractivity contribution in [3.63, 3.8) is 0 Å². The van der Waals surface area contributed by atoms with E-state index in [1.807, 2.05) is 0 Å². The fourth-order valence-corrected chi connectivity index (χ4v) is 1.95. The van der Waals surface area contributed by atoms with Gasteiger partial charge >= 0.3 is 5.79 Å². The lowest BCUT2D eigenvalue weighted by molar-refractivity contribution is -0.169. The summed E-state index contributed by atoms with van der Waals surface area (Å²) >= 11 is 0. The summed E-state index contributed by atoms with van der Waals surface area (Å²) in [6.45, 7) is 0. The molecule has 5 heteroatoms. The van der Waals surface area contributed by atoms with Gasteiger partial charge in [-0.25, -0.2) is 0 Å². The minimum absolute atomic E-state index is 0.0704. The normalized spacial score (nSPS) is 13.2. The lowest BCUT2D eigenvalue weighted by Crippen LogP contribution is -2.51. The van der Waals surface area contributed by atoms with E-state index < -0.39 is 23.1 Å². The van der Waals surface area contributed by atoms with Crippen molar-refractivity contribution in [1.82, 2.24) is 0 Å². The second-order valence-electron chi connectivity index (χ2n) is 4.57. The number of methoxy groups -OCH3 is 1. The predicted molar refractivity (Wildman–Crippen MR) is 78.5 cm³/mol. The van der Waals surface area contributed by atoms with Crippen LogP contribution in [0.3, 0.4) is 0 Å². The van der Waals surface area contributed by atoms with Gasteiger partial charge in [-0.05, 0) is 0 Å². The van der Waals surface area contributed by atoms with Crippen LogP contribution in [0.4, 0.5) is 0 Å². The quantitative estimate of drug-likeness (QED) is 0.379. The maximum atomic E-state index is 12.3. The van der Waals surface area contributed by atoms with Gasteiger partial charge < -0.3 is 9.84 Å². The summed E-state index contributed by atoms with van der Waals surface area (Å²) < 4.78 is 4.69. The van der Waals surface area contributed by atoms with Crippen molar-refractivity contribution in [3.8, 4) is 0 Å². The lowest BCUT2D eigenvalue weighted by atomic mass is 9.94. The zero-order chi connectivity index (χ0) is 16.2. The summed E-state index contributed by atoms with van der Waals surface area (Å²) in [5, 5.41) is 10.3. The number of hydrogen-bond donors (Lipinski definition) is 1. The maximum absolute atomic E-state index is 12.3. The van der Waals surface area contributed by atoms with Gasteiger partial charge in [0.1, 0.15) is 0 Å². The summed E-state index contributed by atoms with van der Waals surface area (Å²) in [5.74, 6) is -6.14. The third kappa shape index (κ3) is 2.86. The van der Waals surface area contributed by atoms with E-state index in [4.69, 9.17) is 4.74 Å². The summed E-state index contributed by atoms with van der Waals surface area (Å²) in [7, 11) is 0.997. The SMILES string of the molecule is COC(O)(C(=O)C(=O)c1ccccc1)C(=O)c1ccccc1. The molecule has 2 aromatic carbocycles. The van der Waals surface area contributed by atoms with E-state index in [1.54, 1.807) is 36.4 Å². The smallest absolute Gasteiger partial charge is 0.300 e. The standard InChI is InChI=1S/C17H14O5/c1-22-17(21,15(19)13-10-6-3-7-11-13)16(20)14(18)12-8-4-2-5-9-12/h2-11,21H,1H3. The van der Waals surface area contributed by atoms with Crippen molar-refractivity contribution in [3.05, 3.63) is 71.8 Å². The Hall–Kier alpha value is -2.63. The Bertz CT molecular complexity index is 694. The van der Waals surface area contributed by atoms with Gasteiger partial charge in [0.05, 0.1) is 0 Å². The fraction of sp³-hybridized carbons (Fsp3) is 0.118. The summed E-state index contributed by atoms with van der Waals surface area (Å²) in [6, 6.07) is 15.3. The number of ketones is 3. The Labute approximate surface area is 127 Å². The summed E-state index contributed by atoms with van der Waals surface area (Å²) in [4.78, 5) is 36.7. The highest BCUT2D eigenvalue weighted by atomic mass is 16.6. The van der Waals surface area contributed by atoms with Crippen LogP contribution >= 0.6 is 0 Å². The predicted octanol–water partition coefficient (Wildman–Crippen LogP) is 1.66. The minimum Gasteiger partial charge on any atom is -0.353 e. The number of Topliss-reactive ketones (excluding diaryl/α,β-unsaturated/α-hetero) is 3. The highest BCUT2D eigenvalue weighted by molar-refractivity contribution is 6.50. The molecule has 0 spiro atoms. The third-order valence-electron chi connectivity index (χ3n) is 3.19. The van der Waals surface area contributed by atoms with Crippen LogP contribution in [-0.2, 0) is 9.53 Å². The van der Waals surface area contributed by atoms with Crippen molar-refractivity contribution in [2.75, 3.05) is 7.11 Å². The zero-order valence-corrected chi connectivity index (χ0v) is 11.9. The van der Waals surface area contributed by atoms with Crippen molar-refractivity contribution < 1.29 is 24.2 Å². The molecule has 2 rings (SSSR count). The molecule has 0 radical (unpaired) electrons. The maximum Gasteiger partial charge on any atom is 0.300 e. The van der Waals surface area contributed by atoms with Crippen molar-refractivity contribution in [2.24, 2.45) is 0 Å². The monoisotopic (exact) mass is 298 g/mol. The Morgan fingerprint density at radius 3 is 1.77 bits per heavy atom. The largest absolute Gasteiger partial charge is 0.353 e. The molecular weight excluding hydrogens is 284 g/mol. The topological polar surface area (TPSA) is 80.7 Å². The van der Waals surface area contributed by atoms with Crippen LogP contribution in [0.2, 0.25) is 0 Å². The van der Waals surface area contributed by atoms with E-state index in [9.17, 15) is 19.5 Å². The van der Waals surface area contributed by atoms with Gasteiger partial charge in [0.25, 0.3) is 5.78 Å². The molecule has 1 N–H and O–H groups in total. The van der Waals surface area contributed by atoms with E-state index in [0.29, 0.717) is 0 Å². The van der Waals surface area contributed by atoms with E-state index >= 15 is 0 Å². The molecule has 0 saturated heterocycles. The molecule has 1 atom stereocenters. The van der Waals surface area contributed by atoms with Gasteiger partial charge in [-0.2, -0.15) is 0 Å². The summed E-state index contributed by atoms with van der Waals surface area (Å²) in [6.07, 6.45) is 0. The van der Waals surface area contributed by atoms with Crippen molar-refractivity contribution in [2.45, 2.75) is 5.79 Å². The van der Waals surface area contributed by atoms with E-state index in [0.717, 1.165) is 7.11 Å². The average molecular weight is 298 g/mol. The van der Waals surface area contributed by atoms with Crippen LogP contribution in [0.15, 0.2) is 60.7 Å². The number of aliphatic hydroxyl groups is 1. The molecule has 0 heterocycles. The molecule has 0 aromatic heterocycles. The molecular formula is C17H14O5.